The van der Waals surface area contributed by atoms with Gasteiger partial charge in [0, 0.05) is 0 Å². The molecule has 0 aliphatic heterocycles. The molecule has 0 rings (SSSR count). The Labute approximate surface area is 228 Å². The molecular weight excluding hydrogens is 620 g/mol. The second-order valence-electron chi connectivity index (χ2n) is 5.69. The number of rotatable bonds is 8. The van der Waals surface area contributed by atoms with Gasteiger partial charge >= 0.3 is 0 Å². The number of hydrogen-bond acceptors (Lipinski definition) is 20. The van der Waals surface area contributed by atoms with Crippen molar-refractivity contribution in [2.75, 3.05) is 52.9 Å². The summed E-state index contributed by atoms with van der Waals surface area (Å²) in [7, 11) is 0. The monoisotopic (exact) mass is 650 g/mol. The average molecular weight is 650 g/mol. The number of aliphatic hydroxyl groups excluding tert-OH is 8. The van der Waals surface area contributed by atoms with Gasteiger partial charge in [-0.05, 0) is 0 Å². The first-order chi connectivity index (χ1) is 18.9. The molecule has 0 aliphatic carbocycles. The molecule has 0 radical (unpaired) electrons. The van der Waals surface area contributed by atoms with E-state index in [1.807, 2.05) is 0 Å². The van der Waals surface area contributed by atoms with Gasteiger partial charge in [0.15, 0.2) is 0 Å². The third kappa shape index (κ3) is 112. The van der Waals surface area contributed by atoms with E-state index in [4.69, 9.17) is 133 Å². The van der Waals surface area contributed by atoms with E-state index < -0.39 is 94.2 Å². The highest BCUT2D eigenvalue weighted by atomic mass is 16.9. The van der Waals surface area contributed by atoms with Gasteiger partial charge < -0.3 is 72.1 Å². The van der Waals surface area contributed by atoms with Crippen LogP contribution in [0.2, 0.25) is 0 Å². The lowest BCUT2D eigenvalue weighted by atomic mass is 9.93. The van der Waals surface area contributed by atoms with Crippen LogP contribution in [0.25, 0.3) is 0 Å². The smallest absolute Gasteiger partial charge is 0.291 e. The summed E-state index contributed by atoms with van der Waals surface area (Å²) in [4.78, 5) is 50.2. The van der Waals surface area contributed by atoms with E-state index in [1.165, 1.54) is 0 Å². The maximum Gasteiger partial charge on any atom is 0.291 e. The molecule has 14 N–H and O–H groups in total. The van der Waals surface area contributed by atoms with Gasteiger partial charge in [0.05, 0.1) is 63.7 Å². The minimum Gasteiger partial charge on any atom is -0.396 e. The molecule has 0 fully saturated rings. The molecule has 0 bridgehead atoms. The van der Waals surface area contributed by atoms with Crippen LogP contribution in [0.4, 0.5) is 0 Å². The molecule has 0 unspecified atom stereocenters. The van der Waals surface area contributed by atoms with Crippen molar-refractivity contribution >= 4 is 0 Å². The number of nitrogens with zero attached hydrogens (tertiary/aromatic N) is 6. The molecule has 0 aromatic heterocycles. The molecule has 0 saturated heterocycles. The Hall–Kier alpha value is -5.12. The Balaban J connectivity index is -0.0000000543. The fourth-order valence-electron chi connectivity index (χ4n) is 0.600. The minimum atomic E-state index is -1.50. The van der Waals surface area contributed by atoms with Crippen molar-refractivity contribution in [1.82, 2.24) is 0 Å². The number of hydrogen-bond donors (Lipinski definition) is 14. The van der Waals surface area contributed by atoms with Gasteiger partial charge in [-0.15, -0.1) is 60.7 Å². The summed E-state index contributed by atoms with van der Waals surface area (Å²) in [6, 6.07) is 0. The van der Waals surface area contributed by atoms with E-state index in [2.05, 4.69) is 0 Å². The Morgan fingerprint density at radius 3 is 0.357 bits per heavy atom. The van der Waals surface area contributed by atoms with Crippen molar-refractivity contribution in [2.45, 2.75) is 0 Å². The molecule has 0 aliphatic rings. The molecule has 0 heterocycles. The minimum absolute atomic E-state index is 0.406. The molecule has 0 aromatic carbocycles. The summed E-state index contributed by atoms with van der Waals surface area (Å²) in [6.07, 6.45) is 0. The van der Waals surface area contributed by atoms with Gasteiger partial charge in [-0.3, -0.25) is 0 Å². The van der Waals surface area contributed by atoms with E-state index in [9.17, 15) is 0 Å². The van der Waals surface area contributed by atoms with Crippen LogP contribution in [0.5, 0.6) is 0 Å². The van der Waals surface area contributed by atoms with Crippen LogP contribution in [0.3, 0.4) is 0 Å². The van der Waals surface area contributed by atoms with Gasteiger partial charge in [-0.2, -0.15) is 0 Å². The first-order valence-electron chi connectivity index (χ1n) is 8.75. The highest BCUT2D eigenvalue weighted by Gasteiger charge is 2.27. The van der Waals surface area contributed by atoms with Crippen LogP contribution in [-0.2, 0) is 0 Å². The molecule has 32 heteroatoms. The summed E-state index contributed by atoms with van der Waals surface area (Å²) in [5, 5.41) is 150. The van der Waals surface area contributed by atoms with Gasteiger partial charge in [-0.25, -0.2) is 0 Å². The molecule has 0 aromatic rings. The normalized spacial score (nSPS) is 8.57. The van der Waals surface area contributed by atoms with E-state index in [1.54, 1.807) is 0 Å². The van der Waals surface area contributed by atoms with Gasteiger partial charge in [-0.1, -0.05) is 0 Å². The zero-order valence-electron chi connectivity index (χ0n) is 20.5. The first-order valence-corrected chi connectivity index (χ1v) is 8.75. The molecule has 256 valence electrons. The third-order valence-electron chi connectivity index (χ3n) is 2.68. The lowest BCUT2D eigenvalue weighted by Gasteiger charge is -2.23. The lowest BCUT2D eigenvalue weighted by Crippen LogP contribution is -2.37. The standard InChI is InChI=1S/2C5H12O4.6HNO3/c2*6-1-5(2-7,3-8)4-9;6*2-1(3)4/h2*6-9H,1-4H2;6*(H,2,3,4). The highest BCUT2D eigenvalue weighted by molar-refractivity contribution is 4.75. The third-order valence-corrected chi connectivity index (χ3v) is 2.68. The van der Waals surface area contributed by atoms with Crippen LogP contribution < -0.4 is 0 Å². The first kappa shape index (κ1) is 56.9. The zero-order valence-corrected chi connectivity index (χ0v) is 20.5. The quantitative estimate of drug-likeness (QED) is 0.0857. The second kappa shape index (κ2) is 40.4. The van der Waals surface area contributed by atoms with E-state index in [0.29, 0.717) is 0 Å². The summed E-state index contributed by atoms with van der Waals surface area (Å²) in [6.45, 7) is -3.25. The van der Waals surface area contributed by atoms with Crippen LogP contribution in [0.15, 0.2) is 0 Å². The zero-order chi connectivity index (χ0) is 36.1. The molecule has 0 spiro atoms. The van der Waals surface area contributed by atoms with Crippen molar-refractivity contribution in [3.8, 4) is 0 Å². The molecule has 32 nitrogen and oxygen atoms in total. The topological polar surface area (TPSA) is 542 Å². The summed E-state index contributed by atoms with van der Waals surface area (Å²) in [5.74, 6) is 0. The van der Waals surface area contributed by atoms with Crippen molar-refractivity contribution < 1.29 is 103 Å². The van der Waals surface area contributed by atoms with Crippen LogP contribution in [0, 0.1) is 71.5 Å². The Bertz CT molecular complexity index is 498. The predicted octanol–water partition coefficient (Wildman–Crippen LogP) is -6.20. The van der Waals surface area contributed by atoms with Crippen LogP contribution in [-0.4, -0.2) is 155 Å². The van der Waals surface area contributed by atoms with Crippen molar-refractivity contribution in [1.29, 1.82) is 0 Å². The Kier molecular flexibility index (Phi) is 54.7. The second-order valence-corrected chi connectivity index (χ2v) is 5.69. The maximum absolute atomic E-state index is 8.50. The summed E-state index contributed by atoms with van der Waals surface area (Å²) < 4.78 is 0. The van der Waals surface area contributed by atoms with Crippen molar-refractivity contribution in [3.05, 3.63) is 60.7 Å². The highest BCUT2D eigenvalue weighted by Crippen LogP contribution is 2.12. The van der Waals surface area contributed by atoms with E-state index in [-0.39, 0.29) is 0 Å². The van der Waals surface area contributed by atoms with Crippen molar-refractivity contribution in [3.63, 3.8) is 0 Å². The molecule has 0 amide bonds. The predicted molar refractivity (Wildman–Crippen MR) is 114 cm³/mol. The molecule has 0 atom stereocenters. The Morgan fingerprint density at radius 1 is 0.310 bits per heavy atom. The van der Waals surface area contributed by atoms with Crippen molar-refractivity contribution in [2.24, 2.45) is 10.8 Å². The van der Waals surface area contributed by atoms with Gasteiger partial charge in [0.1, 0.15) is 0 Å². The lowest BCUT2D eigenvalue weighted by molar-refractivity contribution is -0.742. The van der Waals surface area contributed by atoms with Crippen LogP contribution in [0.1, 0.15) is 0 Å². The van der Waals surface area contributed by atoms with E-state index in [0.717, 1.165) is 0 Å². The molecule has 0 saturated carbocycles. The summed E-state index contributed by atoms with van der Waals surface area (Å²) in [5.41, 5.74) is -2.22. The van der Waals surface area contributed by atoms with E-state index >= 15 is 0 Å². The Morgan fingerprint density at radius 2 is 0.357 bits per heavy atom. The van der Waals surface area contributed by atoms with Crippen LogP contribution >= 0.6 is 0 Å². The fourth-order valence-corrected chi connectivity index (χ4v) is 0.600. The number of aliphatic hydroxyl groups is 8. The van der Waals surface area contributed by atoms with Gasteiger partial charge in [0.25, 0.3) is 30.5 Å². The molecular formula is C10H30N6O26. The van der Waals surface area contributed by atoms with Gasteiger partial charge in [0.2, 0.25) is 0 Å². The fraction of sp³-hybridized carbons (Fsp3) is 1.00. The maximum atomic E-state index is 8.50. The average Bonchev–Trinajstić information content (AvgIpc) is 2.81. The summed E-state index contributed by atoms with van der Waals surface area (Å²) >= 11 is 0. The molecule has 42 heavy (non-hydrogen) atoms. The SMILES string of the molecule is O=[N+]([O-])O.O=[N+]([O-])O.O=[N+]([O-])O.O=[N+]([O-])O.O=[N+]([O-])O.O=[N+]([O-])O.OCC(CO)(CO)CO.OCC(CO)(CO)CO. The largest absolute Gasteiger partial charge is 0.396 e.